The zero-order valence-electron chi connectivity index (χ0n) is 12.8. The number of anilines is 1. The van der Waals surface area contributed by atoms with E-state index in [2.05, 4.69) is 20.5 Å². The fourth-order valence-corrected chi connectivity index (χ4v) is 2.31. The molecular weight excluding hydrogens is 342 g/mol. The van der Waals surface area contributed by atoms with Crippen molar-refractivity contribution in [3.8, 4) is 11.4 Å². The van der Waals surface area contributed by atoms with Gasteiger partial charge in [-0.1, -0.05) is 54.1 Å². The summed E-state index contributed by atoms with van der Waals surface area (Å²) in [5, 5.41) is 15.3. The largest absolute Gasteiger partial charge is 0.278 e. The van der Waals surface area contributed by atoms with Crippen molar-refractivity contribution in [3.63, 3.8) is 0 Å². The normalized spacial score (nSPS) is 10.8. The van der Waals surface area contributed by atoms with Gasteiger partial charge < -0.3 is 0 Å². The smallest absolute Gasteiger partial charge is 0.261 e. The van der Waals surface area contributed by atoms with Gasteiger partial charge in [0.25, 0.3) is 5.69 Å². The number of hydrogen-bond acceptors (Lipinski definition) is 6. The predicted octanol–water partition coefficient (Wildman–Crippen LogP) is 4.15. The Morgan fingerprint density at radius 1 is 1.08 bits per heavy atom. The Bertz CT molecular complexity index is 931. The minimum atomic E-state index is -0.462. The minimum absolute atomic E-state index is 0.0289. The van der Waals surface area contributed by atoms with Crippen molar-refractivity contribution in [1.29, 1.82) is 0 Å². The molecule has 0 fully saturated rings. The first-order valence-corrected chi connectivity index (χ1v) is 7.64. The average Bonchev–Trinajstić information content (AvgIpc) is 2.62. The fraction of sp³-hybridized carbons (Fsp3) is 0. The lowest BCUT2D eigenvalue weighted by atomic mass is 10.2. The minimum Gasteiger partial charge on any atom is -0.261 e. The molecule has 1 aromatic heterocycles. The molecule has 3 rings (SSSR count). The number of halogens is 1. The summed E-state index contributed by atoms with van der Waals surface area (Å²) in [4.78, 5) is 19.0. The zero-order chi connectivity index (χ0) is 17.6. The second kappa shape index (κ2) is 7.50. The maximum Gasteiger partial charge on any atom is 0.278 e. The van der Waals surface area contributed by atoms with Crippen molar-refractivity contribution in [2.75, 3.05) is 5.43 Å². The highest BCUT2D eigenvalue weighted by Crippen LogP contribution is 2.20. The lowest BCUT2D eigenvalue weighted by molar-refractivity contribution is -0.385. The molecule has 7 nitrogen and oxygen atoms in total. The highest BCUT2D eigenvalue weighted by molar-refractivity contribution is 6.29. The fourth-order valence-electron chi connectivity index (χ4n) is 2.12. The van der Waals surface area contributed by atoms with Crippen LogP contribution in [0.2, 0.25) is 5.15 Å². The lowest BCUT2D eigenvalue weighted by Crippen LogP contribution is -1.99. The number of nitrogens with zero attached hydrogens (tertiary/aromatic N) is 4. The van der Waals surface area contributed by atoms with Gasteiger partial charge >= 0.3 is 0 Å². The Morgan fingerprint density at radius 3 is 2.56 bits per heavy atom. The van der Waals surface area contributed by atoms with E-state index in [1.165, 1.54) is 18.3 Å². The molecule has 124 valence electrons. The van der Waals surface area contributed by atoms with Gasteiger partial charge in [-0.3, -0.25) is 15.5 Å². The number of nitro benzene ring substituents is 1. The first kappa shape index (κ1) is 16.5. The SMILES string of the molecule is O=[N+]([O-])c1ccccc1/C=N/Nc1cc(Cl)nc(-c2ccccc2)n1. The maximum absolute atomic E-state index is 11.0. The lowest BCUT2D eigenvalue weighted by Gasteiger charge is -2.04. The van der Waals surface area contributed by atoms with Crippen LogP contribution in [0.15, 0.2) is 65.8 Å². The van der Waals surface area contributed by atoms with Crippen molar-refractivity contribution in [1.82, 2.24) is 9.97 Å². The summed E-state index contributed by atoms with van der Waals surface area (Å²) in [5.41, 5.74) is 3.89. The molecule has 0 amide bonds. The van der Waals surface area contributed by atoms with E-state index in [0.717, 1.165) is 5.56 Å². The van der Waals surface area contributed by atoms with Crippen molar-refractivity contribution in [2.24, 2.45) is 5.10 Å². The molecule has 0 saturated heterocycles. The molecule has 1 heterocycles. The van der Waals surface area contributed by atoms with Crippen LogP contribution in [0.4, 0.5) is 11.5 Å². The van der Waals surface area contributed by atoms with E-state index in [1.54, 1.807) is 18.2 Å². The van der Waals surface area contributed by atoms with Gasteiger partial charge in [-0.25, -0.2) is 9.97 Å². The zero-order valence-corrected chi connectivity index (χ0v) is 13.6. The summed E-state index contributed by atoms with van der Waals surface area (Å²) in [6.07, 6.45) is 1.36. The number of para-hydroxylation sites is 1. The van der Waals surface area contributed by atoms with Crippen LogP contribution in [0.25, 0.3) is 11.4 Å². The van der Waals surface area contributed by atoms with Crippen LogP contribution >= 0.6 is 11.6 Å². The topological polar surface area (TPSA) is 93.3 Å². The molecule has 2 aromatic carbocycles. The molecule has 0 radical (unpaired) electrons. The molecule has 25 heavy (non-hydrogen) atoms. The van der Waals surface area contributed by atoms with Gasteiger partial charge in [-0.05, 0) is 6.07 Å². The van der Waals surface area contributed by atoms with Crippen LogP contribution in [0.5, 0.6) is 0 Å². The van der Waals surface area contributed by atoms with Crippen molar-refractivity contribution < 1.29 is 4.92 Å². The third kappa shape index (κ3) is 4.15. The van der Waals surface area contributed by atoms with Crippen LogP contribution in [-0.4, -0.2) is 21.1 Å². The Labute approximate surface area is 148 Å². The Hall–Kier alpha value is -3.32. The van der Waals surface area contributed by atoms with Gasteiger partial charge in [0.05, 0.1) is 16.7 Å². The highest BCUT2D eigenvalue weighted by atomic mass is 35.5. The van der Waals surface area contributed by atoms with Gasteiger partial charge in [0.2, 0.25) is 0 Å². The van der Waals surface area contributed by atoms with Crippen LogP contribution in [-0.2, 0) is 0 Å². The summed E-state index contributed by atoms with van der Waals surface area (Å²) in [7, 11) is 0. The Kier molecular flexibility index (Phi) is 4.96. The molecular formula is C17H12ClN5O2. The average molecular weight is 354 g/mol. The van der Waals surface area contributed by atoms with E-state index in [0.29, 0.717) is 17.2 Å². The molecule has 0 bridgehead atoms. The first-order chi connectivity index (χ1) is 12.1. The van der Waals surface area contributed by atoms with Gasteiger partial charge in [-0.2, -0.15) is 5.10 Å². The molecule has 0 atom stereocenters. The quantitative estimate of drug-likeness (QED) is 0.322. The maximum atomic E-state index is 11.0. The van der Waals surface area contributed by atoms with Gasteiger partial charge in [0.15, 0.2) is 11.6 Å². The van der Waals surface area contributed by atoms with Gasteiger partial charge in [-0.15, -0.1) is 0 Å². The number of aromatic nitrogens is 2. The molecule has 0 spiro atoms. The third-order valence-electron chi connectivity index (χ3n) is 3.24. The van der Waals surface area contributed by atoms with Crippen LogP contribution in [0.3, 0.4) is 0 Å². The van der Waals surface area contributed by atoms with Crippen LogP contribution < -0.4 is 5.43 Å². The van der Waals surface area contributed by atoms with Crippen LogP contribution in [0, 0.1) is 10.1 Å². The van der Waals surface area contributed by atoms with Gasteiger partial charge in [0.1, 0.15) is 5.15 Å². The summed E-state index contributed by atoms with van der Waals surface area (Å²) >= 11 is 6.03. The number of nitrogens with one attached hydrogen (secondary N) is 1. The second-order valence-corrected chi connectivity index (χ2v) is 5.34. The predicted molar refractivity (Wildman–Crippen MR) is 96.8 cm³/mol. The second-order valence-electron chi connectivity index (χ2n) is 4.95. The molecule has 0 saturated carbocycles. The third-order valence-corrected chi connectivity index (χ3v) is 3.44. The van der Waals surface area contributed by atoms with Gasteiger partial charge in [0, 0.05) is 17.7 Å². The summed E-state index contributed by atoms with van der Waals surface area (Å²) in [6.45, 7) is 0. The van der Waals surface area contributed by atoms with Crippen molar-refractivity contribution in [3.05, 3.63) is 81.5 Å². The van der Waals surface area contributed by atoms with Crippen LogP contribution in [0.1, 0.15) is 5.56 Å². The van der Waals surface area contributed by atoms with E-state index in [4.69, 9.17) is 11.6 Å². The van der Waals surface area contributed by atoms with E-state index in [1.807, 2.05) is 30.3 Å². The summed E-state index contributed by atoms with van der Waals surface area (Å²) in [6, 6.07) is 17.2. The number of benzene rings is 2. The molecule has 0 aliphatic rings. The Morgan fingerprint density at radius 2 is 1.80 bits per heavy atom. The van der Waals surface area contributed by atoms with E-state index >= 15 is 0 Å². The number of hydrazone groups is 1. The molecule has 0 aliphatic carbocycles. The van der Waals surface area contributed by atoms with E-state index in [9.17, 15) is 10.1 Å². The Balaban J connectivity index is 1.82. The van der Waals surface area contributed by atoms with Crippen molar-refractivity contribution in [2.45, 2.75) is 0 Å². The first-order valence-electron chi connectivity index (χ1n) is 7.26. The highest BCUT2D eigenvalue weighted by Gasteiger charge is 2.10. The number of nitro groups is 1. The number of rotatable bonds is 5. The molecule has 3 aromatic rings. The summed E-state index contributed by atoms with van der Waals surface area (Å²) in [5.74, 6) is 0.838. The molecule has 0 unspecified atom stereocenters. The molecule has 0 aliphatic heterocycles. The van der Waals surface area contributed by atoms with E-state index < -0.39 is 4.92 Å². The summed E-state index contributed by atoms with van der Waals surface area (Å²) < 4.78 is 0. The molecule has 1 N–H and O–H groups in total. The number of hydrogen-bond donors (Lipinski definition) is 1. The standard InChI is InChI=1S/C17H12ClN5O2/c18-15-10-16(21-17(20-15)12-6-2-1-3-7-12)22-19-11-13-8-4-5-9-14(13)23(24)25/h1-11H,(H,20,21,22)/b19-11+. The molecule has 8 heteroatoms. The van der Waals surface area contributed by atoms with E-state index in [-0.39, 0.29) is 10.8 Å². The monoisotopic (exact) mass is 353 g/mol. The van der Waals surface area contributed by atoms with Crippen molar-refractivity contribution >= 4 is 29.3 Å².